The summed E-state index contributed by atoms with van der Waals surface area (Å²) in [6.07, 6.45) is -2.22. The lowest BCUT2D eigenvalue weighted by atomic mass is 9.97. The van der Waals surface area contributed by atoms with E-state index in [4.69, 9.17) is 0 Å². The average Bonchev–Trinajstić information content (AvgIpc) is 3.14. The quantitative estimate of drug-likeness (QED) is 0.483. The molecular formula is C25H27F3N6O3S. The van der Waals surface area contributed by atoms with Crippen LogP contribution in [0, 0.1) is 5.92 Å². The molecule has 1 saturated heterocycles. The second-order valence-corrected chi connectivity index (χ2v) is 11.4. The van der Waals surface area contributed by atoms with Gasteiger partial charge in [-0.05, 0) is 62.6 Å². The van der Waals surface area contributed by atoms with Gasteiger partial charge in [0.15, 0.2) is 5.03 Å². The maximum atomic E-state index is 13.2. The van der Waals surface area contributed by atoms with Gasteiger partial charge in [0, 0.05) is 25.3 Å². The Morgan fingerprint density at radius 3 is 2.37 bits per heavy atom. The molecule has 3 aromatic heterocycles. The maximum Gasteiger partial charge on any atom is 0.433 e. The number of carbonyl (C=O) groups excluding carboxylic acids is 1. The lowest BCUT2D eigenvalue weighted by Gasteiger charge is -2.33. The first kappa shape index (κ1) is 27.3. The number of anilines is 3. The summed E-state index contributed by atoms with van der Waals surface area (Å²) in [6, 6.07) is 10.4. The number of aromatic nitrogens is 3. The van der Waals surface area contributed by atoms with Crippen LogP contribution in [-0.2, 0) is 16.2 Å². The summed E-state index contributed by atoms with van der Waals surface area (Å²) >= 11 is 0. The Hall–Kier alpha value is -3.74. The fourth-order valence-corrected chi connectivity index (χ4v) is 5.53. The SMILES string of the molecule is CC1CN(c2ncccc2C(=O)NS(=O)(=O)c2cccc(N(C)c3cccc(C(F)(F)F)n3)n2)C(C)(C)C1. The largest absolute Gasteiger partial charge is 0.433 e. The Morgan fingerprint density at radius 2 is 1.74 bits per heavy atom. The molecule has 4 heterocycles. The molecule has 0 spiro atoms. The Bertz CT molecular complexity index is 1460. The lowest BCUT2D eigenvalue weighted by molar-refractivity contribution is -0.141. The smallest absolute Gasteiger partial charge is 0.351 e. The third-order valence-corrected chi connectivity index (χ3v) is 7.52. The van der Waals surface area contributed by atoms with E-state index in [2.05, 4.69) is 21.9 Å². The predicted octanol–water partition coefficient (Wildman–Crippen LogP) is 4.40. The number of nitrogens with one attached hydrogen (secondary N) is 1. The normalized spacial score (nSPS) is 17.3. The van der Waals surface area contributed by atoms with Crippen molar-refractivity contribution in [2.45, 2.75) is 43.9 Å². The van der Waals surface area contributed by atoms with Crippen molar-refractivity contribution in [2.75, 3.05) is 23.4 Å². The molecule has 1 unspecified atom stereocenters. The highest BCUT2D eigenvalue weighted by atomic mass is 32.2. The Morgan fingerprint density at radius 1 is 1.08 bits per heavy atom. The number of pyridine rings is 3. The number of nitrogens with zero attached hydrogens (tertiary/aromatic N) is 5. The fraction of sp³-hybridized carbons (Fsp3) is 0.360. The third-order valence-electron chi connectivity index (χ3n) is 6.28. The number of alkyl halides is 3. The zero-order chi connectivity index (χ0) is 27.9. The topological polar surface area (TPSA) is 108 Å². The van der Waals surface area contributed by atoms with Crippen LogP contribution < -0.4 is 14.5 Å². The first-order valence-electron chi connectivity index (χ1n) is 11.7. The molecule has 3 aromatic rings. The summed E-state index contributed by atoms with van der Waals surface area (Å²) < 4.78 is 67.5. The molecule has 1 aliphatic rings. The van der Waals surface area contributed by atoms with Gasteiger partial charge in [0.25, 0.3) is 15.9 Å². The number of halogens is 3. The second kappa shape index (κ2) is 9.86. The van der Waals surface area contributed by atoms with Crippen molar-refractivity contribution in [3.05, 3.63) is 66.0 Å². The van der Waals surface area contributed by atoms with Crippen LogP contribution in [0.3, 0.4) is 0 Å². The molecular weight excluding hydrogens is 521 g/mol. The van der Waals surface area contributed by atoms with Gasteiger partial charge in [-0.2, -0.15) is 21.6 Å². The minimum absolute atomic E-state index is 0.0158. The van der Waals surface area contributed by atoms with Crippen LogP contribution in [0.1, 0.15) is 43.2 Å². The summed E-state index contributed by atoms with van der Waals surface area (Å²) in [5.41, 5.74) is -1.28. The molecule has 0 aromatic carbocycles. The van der Waals surface area contributed by atoms with E-state index in [0.717, 1.165) is 12.5 Å². The van der Waals surface area contributed by atoms with Crippen molar-refractivity contribution in [3.8, 4) is 0 Å². The predicted molar refractivity (Wildman–Crippen MR) is 136 cm³/mol. The van der Waals surface area contributed by atoms with Crippen molar-refractivity contribution in [1.82, 2.24) is 19.7 Å². The Balaban J connectivity index is 1.60. The standard InChI is InChI=1S/C25H27F3N6O3S/c1-16-14-24(2,3)34(15-16)22-17(8-7-13-29-22)23(35)32-38(36,37)21-12-6-11-20(31-21)33(4)19-10-5-9-18(30-19)25(26,27)28/h5-13,16H,14-15H2,1-4H3,(H,32,35). The molecule has 4 rings (SSSR count). The molecule has 202 valence electrons. The van der Waals surface area contributed by atoms with Crippen LogP contribution in [0.5, 0.6) is 0 Å². The van der Waals surface area contributed by atoms with Crippen molar-refractivity contribution in [2.24, 2.45) is 5.92 Å². The van der Waals surface area contributed by atoms with Crippen LogP contribution in [-0.4, -0.2) is 48.4 Å². The number of amides is 1. The van der Waals surface area contributed by atoms with Crippen molar-refractivity contribution in [1.29, 1.82) is 0 Å². The van der Waals surface area contributed by atoms with E-state index in [-0.39, 0.29) is 22.7 Å². The maximum absolute atomic E-state index is 13.2. The van der Waals surface area contributed by atoms with Crippen molar-refractivity contribution in [3.63, 3.8) is 0 Å². The second-order valence-electron chi connectivity index (χ2n) is 9.81. The van der Waals surface area contributed by atoms with Crippen LogP contribution in [0.25, 0.3) is 0 Å². The first-order valence-corrected chi connectivity index (χ1v) is 13.2. The van der Waals surface area contributed by atoms with Crippen molar-refractivity contribution >= 4 is 33.4 Å². The zero-order valence-electron chi connectivity index (χ0n) is 21.2. The molecule has 0 radical (unpaired) electrons. The van der Waals surface area contributed by atoms with Crippen LogP contribution >= 0.6 is 0 Å². The number of hydrogen-bond donors (Lipinski definition) is 1. The number of sulfonamides is 1. The van der Waals surface area contributed by atoms with Gasteiger partial charge in [-0.3, -0.25) is 4.79 Å². The first-order chi connectivity index (χ1) is 17.7. The van der Waals surface area contributed by atoms with Crippen LogP contribution in [0.15, 0.2) is 59.8 Å². The van der Waals surface area contributed by atoms with Gasteiger partial charge in [-0.15, -0.1) is 0 Å². The molecule has 1 aliphatic heterocycles. The van der Waals surface area contributed by atoms with Gasteiger partial charge in [0.2, 0.25) is 0 Å². The molecule has 13 heteroatoms. The summed E-state index contributed by atoms with van der Waals surface area (Å²) in [6.45, 7) is 6.83. The van der Waals surface area contributed by atoms with E-state index in [1.54, 1.807) is 12.3 Å². The highest BCUT2D eigenvalue weighted by Gasteiger charge is 2.39. The van der Waals surface area contributed by atoms with Gasteiger partial charge in [0.1, 0.15) is 23.1 Å². The van der Waals surface area contributed by atoms with E-state index in [9.17, 15) is 26.4 Å². The monoisotopic (exact) mass is 548 g/mol. The van der Waals surface area contributed by atoms with Gasteiger partial charge in [-0.1, -0.05) is 19.1 Å². The van der Waals surface area contributed by atoms with E-state index >= 15 is 0 Å². The van der Waals surface area contributed by atoms with Gasteiger partial charge in [0.05, 0.1) is 5.56 Å². The number of hydrogen-bond acceptors (Lipinski definition) is 8. The highest BCUT2D eigenvalue weighted by Crippen LogP contribution is 2.37. The summed E-state index contributed by atoms with van der Waals surface area (Å²) in [5, 5.41) is -0.484. The van der Waals surface area contributed by atoms with Gasteiger partial charge in [-0.25, -0.2) is 19.7 Å². The minimum atomic E-state index is -4.65. The Kier molecular flexibility index (Phi) is 7.08. The molecule has 9 nitrogen and oxygen atoms in total. The fourth-order valence-electron chi connectivity index (χ4n) is 4.60. The lowest BCUT2D eigenvalue weighted by Crippen LogP contribution is -2.41. The molecule has 0 aliphatic carbocycles. The molecule has 1 fully saturated rings. The molecule has 0 bridgehead atoms. The summed E-state index contributed by atoms with van der Waals surface area (Å²) in [7, 11) is -3.04. The molecule has 38 heavy (non-hydrogen) atoms. The minimum Gasteiger partial charge on any atom is -0.351 e. The average molecular weight is 549 g/mol. The van der Waals surface area contributed by atoms with Gasteiger partial charge >= 0.3 is 6.18 Å². The van der Waals surface area contributed by atoms with E-state index in [1.165, 1.54) is 48.3 Å². The zero-order valence-corrected chi connectivity index (χ0v) is 22.0. The summed E-state index contributed by atoms with van der Waals surface area (Å²) in [5.74, 6) is -0.201. The van der Waals surface area contributed by atoms with E-state index < -0.39 is 32.8 Å². The molecule has 1 amide bonds. The number of carbonyl (C=O) groups is 1. The van der Waals surface area contributed by atoms with E-state index in [0.29, 0.717) is 18.3 Å². The summed E-state index contributed by atoms with van der Waals surface area (Å²) in [4.78, 5) is 28.4. The van der Waals surface area contributed by atoms with E-state index in [1.807, 2.05) is 23.5 Å². The highest BCUT2D eigenvalue weighted by molar-refractivity contribution is 7.90. The molecule has 0 saturated carbocycles. The number of rotatable bonds is 6. The Labute approximate surface area is 218 Å². The van der Waals surface area contributed by atoms with Crippen molar-refractivity contribution < 1.29 is 26.4 Å². The van der Waals surface area contributed by atoms with Gasteiger partial charge < -0.3 is 9.80 Å². The van der Waals surface area contributed by atoms with Crippen LogP contribution in [0.2, 0.25) is 0 Å². The third kappa shape index (κ3) is 5.57. The molecule has 1 atom stereocenters. The van der Waals surface area contributed by atoms with Crippen LogP contribution in [0.4, 0.5) is 30.6 Å². The molecule has 1 N–H and O–H groups in total.